The molecule has 2 heterocycles. The van der Waals surface area contributed by atoms with Crippen molar-refractivity contribution in [1.82, 2.24) is 20.1 Å². The van der Waals surface area contributed by atoms with Crippen molar-refractivity contribution >= 4 is 17.7 Å². The predicted molar refractivity (Wildman–Crippen MR) is 127 cm³/mol. The molecule has 8 heteroatoms. The summed E-state index contributed by atoms with van der Waals surface area (Å²) in [5.74, 6) is 3.38. The van der Waals surface area contributed by atoms with Gasteiger partial charge in [-0.2, -0.15) is 0 Å². The second-order valence-electron chi connectivity index (χ2n) is 8.77. The summed E-state index contributed by atoms with van der Waals surface area (Å²) in [6.45, 7) is 5.30. The highest BCUT2D eigenvalue weighted by molar-refractivity contribution is 7.99. The highest BCUT2D eigenvalue weighted by atomic mass is 32.2. The van der Waals surface area contributed by atoms with Crippen molar-refractivity contribution in [3.05, 3.63) is 59.9 Å². The molecule has 1 aliphatic heterocycles. The van der Waals surface area contributed by atoms with E-state index < -0.39 is 0 Å². The SMILES string of the molecule is CC(C)C(NC(=O)CSc1nnc(C2CC2)n1-c1ccccc1)c1ccc2c(c1)OCCO2. The lowest BCUT2D eigenvalue weighted by Crippen LogP contribution is -2.33. The molecular formula is C25H28N4O3S. The van der Waals surface area contributed by atoms with Gasteiger partial charge in [0.1, 0.15) is 19.0 Å². The van der Waals surface area contributed by atoms with Crippen molar-refractivity contribution in [3.8, 4) is 17.2 Å². The summed E-state index contributed by atoms with van der Waals surface area (Å²) >= 11 is 1.42. The van der Waals surface area contributed by atoms with Gasteiger partial charge in [0.15, 0.2) is 16.7 Å². The molecule has 1 N–H and O–H groups in total. The van der Waals surface area contributed by atoms with Crippen LogP contribution in [0.15, 0.2) is 53.7 Å². The second-order valence-corrected chi connectivity index (χ2v) is 9.71. The smallest absolute Gasteiger partial charge is 0.230 e. The van der Waals surface area contributed by atoms with Crippen LogP contribution in [0.2, 0.25) is 0 Å². The number of ether oxygens (including phenoxy) is 2. The van der Waals surface area contributed by atoms with Crippen LogP contribution in [-0.4, -0.2) is 39.6 Å². The largest absolute Gasteiger partial charge is 0.486 e. The first-order chi connectivity index (χ1) is 16.1. The minimum Gasteiger partial charge on any atom is -0.486 e. The fourth-order valence-electron chi connectivity index (χ4n) is 4.03. The first-order valence-electron chi connectivity index (χ1n) is 11.4. The van der Waals surface area contributed by atoms with Crippen LogP contribution in [0.5, 0.6) is 11.5 Å². The molecule has 0 spiro atoms. The summed E-state index contributed by atoms with van der Waals surface area (Å²) in [7, 11) is 0. The van der Waals surface area contributed by atoms with E-state index in [2.05, 4.69) is 46.1 Å². The number of hydrogen-bond donors (Lipinski definition) is 1. The molecule has 0 bridgehead atoms. The van der Waals surface area contributed by atoms with Gasteiger partial charge in [0.2, 0.25) is 5.91 Å². The number of aromatic nitrogens is 3. The van der Waals surface area contributed by atoms with E-state index in [-0.39, 0.29) is 23.6 Å². The third-order valence-electron chi connectivity index (χ3n) is 5.86. The van der Waals surface area contributed by atoms with Gasteiger partial charge >= 0.3 is 0 Å². The van der Waals surface area contributed by atoms with E-state index in [1.165, 1.54) is 11.8 Å². The van der Waals surface area contributed by atoms with E-state index >= 15 is 0 Å². The van der Waals surface area contributed by atoms with Gasteiger partial charge in [-0.25, -0.2) is 0 Å². The Bertz CT molecular complexity index is 1130. The molecule has 1 amide bonds. The van der Waals surface area contributed by atoms with Gasteiger partial charge in [0.25, 0.3) is 0 Å². The Balaban J connectivity index is 1.29. The van der Waals surface area contributed by atoms with Gasteiger partial charge in [-0.3, -0.25) is 9.36 Å². The van der Waals surface area contributed by atoms with Gasteiger partial charge in [0, 0.05) is 11.6 Å². The van der Waals surface area contributed by atoms with Crippen LogP contribution >= 0.6 is 11.8 Å². The van der Waals surface area contributed by atoms with Crippen LogP contribution in [-0.2, 0) is 4.79 Å². The molecule has 2 aliphatic rings. The summed E-state index contributed by atoms with van der Waals surface area (Å²) in [6, 6.07) is 15.9. The number of rotatable bonds is 8. The minimum absolute atomic E-state index is 0.0378. The third-order valence-corrected chi connectivity index (χ3v) is 6.79. The van der Waals surface area contributed by atoms with Crippen LogP contribution < -0.4 is 14.8 Å². The lowest BCUT2D eigenvalue weighted by molar-refractivity contribution is -0.119. The van der Waals surface area contributed by atoms with Crippen LogP contribution in [0.25, 0.3) is 5.69 Å². The lowest BCUT2D eigenvalue weighted by Gasteiger charge is -2.25. The molecule has 0 saturated heterocycles. The van der Waals surface area contributed by atoms with Crippen molar-refractivity contribution in [2.45, 2.75) is 43.8 Å². The molecule has 1 aromatic heterocycles. The zero-order valence-corrected chi connectivity index (χ0v) is 19.7. The Morgan fingerprint density at radius 2 is 1.85 bits per heavy atom. The quantitative estimate of drug-likeness (QED) is 0.494. The summed E-state index contributed by atoms with van der Waals surface area (Å²) in [4.78, 5) is 12.9. The first-order valence-corrected chi connectivity index (χ1v) is 12.4. The Hall–Kier alpha value is -3.00. The molecule has 1 aliphatic carbocycles. The molecule has 33 heavy (non-hydrogen) atoms. The van der Waals surface area contributed by atoms with Gasteiger partial charge in [0.05, 0.1) is 11.8 Å². The average molecular weight is 465 g/mol. The maximum atomic E-state index is 12.9. The van der Waals surface area contributed by atoms with Crippen molar-refractivity contribution in [1.29, 1.82) is 0 Å². The van der Waals surface area contributed by atoms with Crippen LogP contribution in [0.3, 0.4) is 0 Å². The number of carbonyl (C=O) groups is 1. The summed E-state index contributed by atoms with van der Waals surface area (Å²) in [5.41, 5.74) is 2.04. The van der Waals surface area contributed by atoms with E-state index in [9.17, 15) is 4.79 Å². The van der Waals surface area contributed by atoms with Gasteiger partial charge in [-0.15, -0.1) is 10.2 Å². The number of fused-ring (bicyclic) bond motifs is 1. The monoisotopic (exact) mass is 464 g/mol. The normalized spacial score (nSPS) is 16.0. The van der Waals surface area contributed by atoms with Crippen molar-refractivity contribution in [2.75, 3.05) is 19.0 Å². The van der Waals surface area contributed by atoms with Gasteiger partial charge < -0.3 is 14.8 Å². The lowest BCUT2D eigenvalue weighted by atomic mass is 9.95. The zero-order chi connectivity index (χ0) is 22.8. The molecular weight excluding hydrogens is 436 g/mol. The Morgan fingerprint density at radius 1 is 1.09 bits per heavy atom. The Kier molecular flexibility index (Phi) is 6.26. The molecule has 172 valence electrons. The molecule has 1 unspecified atom stereocenters. The summed E-state index contributed by atoms with van der Waals surface area (Å²) < 4.78 is 13.4. The maximum absolute atomic E-state index is 12.9. The molecule has 5 rings (SSSR count). The number of benzene rings is 2. The number of amides is 1. The predicted octanol–water partition coefficient (Wildman–Crippen LogP) is 4.52. The first kappa shape index (κ1) is 21.8. The fourth-order valence-corrected chi connectivity index (χ4v) is 4.80. The van der Waals surface area contributed by atoms with E-state index in [4.69, 9.17) is 9.47 Å². The summed E-state index contributed by atoms with van der Waals surface area (Å²) in [6.07, 6.45) is 2.28. The number of para-hydroxylation sites is 1. The topological polar surface area (TPSA) is 78.3 Å². The van der Waals surface area contributed by atoms with Crippen LogP contribution in [0.1, 0.15) is 50.0 Å². The highest BCUT2D eigenvalue weighted by Gasteiger charge is 2.31. The number of nitrogens with one attached hydrogen (secondary N) is 1. The molecule has 0 radical (unpaired) electrons. The molecule has 3 aromatic rings. The van der Waals surface area contributed by atoms with Gasteiger partial charge in [-0.05, 0) is 48.6 Å². The standard InChI is InChI=1S/C25H28N4O3S/c1-16(2)23(18-10-11-20-21(14-18)32-13-12-31-20)26-22(30)15-33-25-28-27-24(17-8-9-17)29(25)19-6-4-3-5-7-19/h3-7,10-11,14,16-17,23H,8-9,12-13,15H2,1-2H3,(H,26,30). The van der Waals surface area contributed by atoms with E-state index in [1.807, 2.05) is 36.4 Å². The maximum Gasteiger partial charge on any atom is 0.230 e. The summed E-state index contributed by atoms with van der Waals surface area (Å²) in [5, 5.41) is 12.8. The number of carbonyl (C=O) groups excluding carboxylic acids is 1. The van der Waals surface area contributed by atoms with Crippen molar-refractivity contribution in [3.63, 3.8) is 0 Å². The van der Waals surface area contributed by atoms with Gasteiger partial charge in [-0.1, -0.05) is 49.9 Å². The van der Waals surface area contributed by atoms with Crippen LogP contribution in [0, 0.1) is 5.92 Å². The van der Waals surface area contributed by atoms with Crippen molar-refractivity contribution < 1.29 is 14.3 Å². The molecule has 7 nitrogen and oxygen atoms in total. The van der Waals surface area contributed by atoms with Crippen molar-refractivity contribution in [2.24, 2.45) is 5.92 Å². The van der Waals surface area contributed by atoms with Crippen LogP contribution in [0.4, 0.5) is 0 Å². The third kappa shape index (κ3) is 4.85. The molecule has 2 aromatic carbocycles. The number of thioether (sulfide) groups is 1. The Morgan fingerprint density at radius 3 is 2.58 bits per heavy atom. The fraction of sp³-hybridized carbons (Fsp3) is 0.400. The van der Waals surface area contributed by atoms with E-state index in [0.717, 1.165) is 46.6 Å². The number of nitrogens with zero attached hydrogens (tertiary/aromatic N) is 3. The Labute approximate surface area is 197 Å². The molecule has 1 fully saturated rings. The minimum atomic E-state index is -0.122. The molecule has 1 atom stereocenters. The molecule has 1 saturated carbocycles. The average Bonchev–Trinajstić information content (AvgIpc) is 3.60. The van der Waals surface area contributed by atoms with E-state index in [1.54, 1.807) is 0 Å². The van der Waals surface area contributed by atoms with E-state index in [0.29, 0.717) is 19.1 Å². The number of hydrogen-bond acceptors (Lipinski definition) is 6. The highest BCUT2D eigenvalue weighted by Crippen LogP contribution is 2.41. The zero-order valence-electron chi connectivity index (χ0n) is 18.9. The second kappa shape index (κ2) is 9.47.